The van der Waals surface area contributed by atoms with Crippen LogP contribution in [0.15, 0.2) is 36.7 Å². The monoisotopic (exact) mass is 727 g/mol. The molecule has 0 bridgehead atoms. The lowest BCUT2D eigenvalue weighted by Crippen LogP contribution is -2.50. The second kappa shape index (κ2) is 30.6. The third-order valence-electron chi connectivity index (χ3n) is 10.1. The number of carbonyl (C=O) groups is 2. The normalized spacial score (nSPS) is 11.3. The predicted molar refractivity (Wildman–Crippen MR) is 215 cm³/mol. The van der Waals surface area contributed by atoms with Crippen LogP contribution in [-0.4, -0.2) is 83.2 Å². The van der Waals surface area contributed by atoms with Crippen LogP contribution in [-0.2, 0) is 0 Å². The summed E-state index contributed by atoms with van der Waals surface area (Å²) in [6.45, 7) is 30.0. The zero-order valence-corrected chi connectivity index (χ0v) is 34.9. The van der Waals surface area contributed by atoms with Gasteiger partial charge in [-0.15, -0.1) is 0 Å². The lowest BCUT2D eigenvalue weighted by Gasteiger charge is -2.39. The third-order valence-corrected chi connectivity index (χ3v) is 10.1. The lowest BCUT2D eigenvalue weighted by atomic mass is 10.1. The molecule has 0 saturated carbocycles. The van der Waals surface area contributed by atoms with E-state index in [1.54, 1.807) is 0 Å². The van der Waals surface area contributed by atoms with E-state index in [2.05, 4.69) is 65.4 Å². The Labute approximate surface area is 319 Å². The molecule has 0 aliphatic carbocycles. The first-order valence-corrected chi connectivity index (χ1v) is 21.1. The minimum absolute atomic E-state index is 0.0550. The number of carboxylic acids is 2. The van der Waals surface area contributed by atoms with E-state index in [9.17, 15) is 19.8 Å². The van der Waals surface area contributed by atoms with E-state index < -0.39 is 11.9 Å². The fourth-order valence-electron chi connectivity index (χ4n) is 6.69. The highest BCUT2D eigenvalue weighted by Gasteiger charge is 2.25. The van der Waals surface area contributed by atoms with Gasteiger partial charge in [-0.3, -0.25) is 9.97 Å². The van der Waals surface area contributed by atoms with Gasteiger partial charge in [-0.1, -0.05) is 107 Å². The van der Waals surface area contributed by atoms with E-state index in [1.165, 1.54) is 201 Å². The summed E-state index contributed by atoms with van der Waals surface area (Å²) < 4.78 is 2.84. The quantitative estimate of drug-likeness (QED) is 0.0852. The molecule has 0 spiro atoms. The summed E-state index contributed by atoms with van der Waals surface area (Å²) in [7, 11) is 0. The topological polar surface area (TPSA) is 106 Å². The van der Waals surface area contributed by atoms with Crippen molar-refractivity contribution in [1.82, 2.24) is 9.97 Å². The molecule has 0 unspecified atom stereocenters. The van der Waals surface area contributed by atoms with E-state index in [4.69, 9.17) is 0 Å². The molecule has 8 heteroatoms. The largest absolute Gasteiger partial charge is 0.545 e. The predicted octanol–water partition coefficient (Wildman–Crippen LogP) is 8.88. The van der Waals surface area contributed by atoms with E-state index in [0.717, 1.165) is 0 Å². The number of nitrogens with zero attached hydrogens (tertiary/aromatic N) is 4. The molecule has 0 radical (unpaired) electrons. The van der Waals surface area contributed by atoms with Crippen LogP contribution in [0.1, 0.15) is 179 Å². The van der Waals surface area contributed by atoms with Crippen molar-refractivity contribution in [2.24, 2.45) is 0 Å². The minimum atomic E-state index is -1.34. The van der Waals surface area contributed by atoms with Crippen LogP contribution in [0.5, 0.6) is 0 Å². The summed E-state index contributed by atoms with van der Waals surface area (Å²) in [5, 5.41) is 21.4. The standard InChI is InChI=1S/2C16H36N.C12H8N2O4/c2*1-5-9-13-17(14-10-6-2,15-11-7-3)16-12-8-4;15-11(16)7-1-3-13-9(5-7)10-6-8(12(17)18)2-4-14-10/h2*5-16H2,1-4H3;1-6H,(H,15,16)(H,17,18)/q2*+1;/p-2. The first kappa shape index (κ1) is 49.2. The van der Waals surface area contributed by atoms with Crippen LogP contribution in [0.4, 0.5) is 0 Å². The van der Waals surface area contributed by atoms with Crippen LogP contribution in [0.3, 0.4) is 0 Å². The van der Waals surface area contributed by atoms with Crippen LogP contribution in [0, 0.1) is 0 Å². The summed E-state index contributed by atoms with van der Waals surface area (Å²) in [5.74, 6) is -2.68. The van der Waals surface area contributed by atoms with E-state index in [0.29, 0.717) is 0 Å². The van der Waals surface area contributed by atoms with Gasteiger partial charge in [0.25, 0.3) is 0 Å². The molecule has 52 heavy (non-hydrogen) atoms. The molecule has 0 atom stereocenters. The first-order chi connectivity index (χ1) is 25.1. The van der Waals surface area contributed by atoms with Crippen molar-refractivity contribution >= 4 is 11.9 Å². The Morgan fingerprint density at radius 3 is 0.827 bits per heavy atom. The molecule has 0 aromatic carbocycles. The molecule has 2 aromatic rings. The summed E-state index contributed by atoms with van der Waals surface area (Å²) in [5.41, 5.74) is 0.390. The molecule has 2 rings (SSSR count). The van der Waals surface area contributed by atoms with Gasteiger partial charge in [-0.05, 0) is 75.6 Å². The number of unbranched alkanes of at least 4 members (excludes halogenated alkanes) is 8. The van der Waals surface area contributed by atoms with Crippen LogP contribution < -0.4 is 10.2 Å². The Kier molecular flexibility index (Phi) is 28.9. The highest BCUT2D eigenvalue weighted by Crippen LogP contribution is 2.19. The Bertz CT molecular complexity index is 1020. The van der Waals surface area contributed by atoms with Gasteiger partial charge in [0.1, 0.15) is 0 Å². The first-order valence-electron chi connectivity index (χ1n) is 21.1. The second-order valence-electron chi connectivity index (χ2n) is 14.7. The van der Waals surface area contributed by atoms with Crippen molar-refractivity contribution in [3.8, 4) is 11.4 Å². The summed E-state index contributed by atoms with van der Waals surface area (Å²) in [6, 6.07) is 5.08. The van der Waals surface area contributed by atoms with Gasteiger partial charge >= 0.3 is 0 Å². The Morgan fingerprint density at radius 2 is 0.654 bits per heavy atom. The maximum Gasteiger partial charge on any atom is 0.0892 e. The number of aromatic nitrogens is 2. The zero-order chi connectivity index (χ0) is 39.1. The average molecular weight is 727 g/mol. The smallest absolute Gasteiger partial charge is 0.0892 e. The Hall–Kier alpha value is -2.84. The molecule has 0 aliphatic rings. The Morgan fingerprint density at radius 1 is 0.442 bits per heavy atom. The molecule has 0 saturated heterocycles. The highest BCUT2D eigenvalue weighted by atomic mass is 16.4. The number of hydrogen-bond donors (Lipinski definition) is 0. The molecule has 8 nitrogen and oxygen atoms in total. The molecule has 0 amide bonds. The van der Waals surface area contributed by atoms with E-state index in [1.807, 2.05) is 0 Å². The molecule has 0 fully saturated rings. The fraction of sp³-hybridized carbons (Fsp3) is 0.727. The van der Waals surface area contributed by atoms with Crippen LogP contribution in [0.25, 0.3) is 11.4 Å². The van der Waals surface area contributed by atoms with Crippen molar-refractivity contribution < 1.29 is 28.8 Å². The molecule has 0 aliphatic heterocycles. The van der Waals surface area contributed by atoms with Crippen molar-refractivity contribution in [3.63, 3.8) is 0 Å². The van der Waals surface area contributed by atoms with Crippen molar-refractivity contribution in [2.75, 3.05) is 52.4 Å². The number of carboxylic acid groups (broad SMARTS) is 2. The van der Waals surface area contributed by atoms with Gasteiger partial charge in [0.2, 0.25) is 0 Å². The summed E-state index contributed by atoms with van der Waals surface area (Å²) >= 11 is 0. The van der Waals surface area contributed by atoms with Gasteiger partial charge < -0.3 is 28.8 Å². The number of hydrogen-bond acceptors (Lipinski definition) is 6. The highest BCUT2D eigenvalue weighted by molar-refractivity contribution is 5.88. The van der Waals surface area contributed by atoms with E-state index in [-0.39, 0.29) is 22.5 Å². The van der Waals surface area contributed by atoms with Gasteiger partial charge in [0, 0.05) is 23.5 Å². The maximum atomic E-state index is 10.7. The van der Waals surface area contributed by atoms with Crippen molar-refractivity contribution in [3.05, 3.63) is 47.8 Å². The minimum Gasteiger partial charge on any atom is -0.545 e. The van der Waals surface area contributed by atoms with Gasteiger partial charge in [-0.2, -0.15) is 0 Å². The van der Waals surface area contributed by atoms with Crippen LogP contribution in [0.2, 0.25) is 0 Å². The number of rotatable bonds is 27. The van der Waals surface area contributed by atoms with Gasteiger partial charge in [0.05, 0.1) is 75.7 Å². The van der Waals surface area contributed by atoms with Crippen molar-refractivity contribution in [2.45, 2.75) is 158 Å². The maximum absolute atomic E-state index is 10.7. The molecule has 298 valence electrons. The summed E-state index contributed by atoms with van der Waals surface area (Å²) in [4.78, 5) is 29.2. The van der Waals surface area contributed by atoms with Gasteiger partial charge in [-0.25, -0.2) is 0 Å². The lowest BCUT2D eigenvalue weighted by molar-refractivity contribution is -0.929. The second-order valence-corrected chi connectivity index (χ2v) is 14.7. The third kappa shape index (κ3) is 21.0. The number of carbonyl (C=O) groups excluding carboxylic acids is 2. The molecule has 2 aromatic heterocycles. The average Bonchev–Trinajstić information content (AvgIpc) is 3.17. The molecular weight excluding hydrogens is 649 g/mol. The number of aromatic carboxylic acids is 2. The van der Waals surface area contributed by atoms with Crippen LogP contribution >= 0.6 is 0 Å². The molecule has 2 heterocycles. The SMILES string of the molecule is CCCC[N+](CCCC)(CCCC)CCCC.CCCC[N+](CCCC)(CCCC)CCCC.O=C([O-])c1ccnc(-c2cc(C(=O)[O-])ccn2)c1. The van der Waals surface area contributed by atoms with Gasteiger partial charge in [0.15, 0.2) is 0 Å². The fourth-order valence-corrected chi connectivity index (χ4v) is 6.69. The Balaban J connectivity index is 0.000000751. The van der Waals surface area contributed by atoms with E-state index >= 15 is 0 Å². The molecular formula is C44H78N4O4. The number of pyridine rings is 2. The van der Waals surface area contributed by atoms with Crippen molar-refractivity contribution in [1.29, 1.82) is 0 Å². The zero-order valence-electron chi connectivity index (χ0n) is 34.9. The molecule has 0 N–H and O–H groups in total. The summed E-state index contributed by atoms with van der Waals surface area (Å²) in [6.07, 6.45) is 24.7. The number of quaternary nitrogens is 2.